The second kappa shape index (κ2) is 6.12. The monoisotopic (exact) mass is 356 g/mol. The van der Waals surface area contributed by atoms with Gasteiger partial charge in [-0.05, 0) is 28.8 Å². The Labute approximate surface area is 130 Å². The van der Waals surface area contributed by atoms with Crippen LogP contribution < -0.4 is 21.5 Å². The van der Waals surface area contributed by atoms with E-state index in [4.69, 9.17) is 10.6 Å². The Hall–Kier alpha value is -1.45. The number of carbonyl (C=O) groups is 1. The number of carbonyl (C=O) groups excluding carboxylic acids is 1. The maximum absolute atomic E-state index is 12.4. The second-order valence-corrected chi connectivity index (χ2v) is 5.86. The van der Waals surface area contributed by atoms with E-state index in [9.17, 15) is 4.79 Å². The third-order valence-electron chi connectivity index (χ3n) is 3.53. The fraction of sp³-hybridized carbons (Fsp3) is 0.583. The van der Waals surface area contributed by atoms with Gasteiger partial charge in [0, 0.05) is 12.6 Å². The number of nitrogen functional groups attached to an aromatic ring is 1. The summed E-state index contributed by atoms with van der Waals surface area (Å²) in [7, 11) is 0. The summed E-state index contributed by atoms with van der Waals surface area (Å²) in [6, 6.07) is -0.0763. The molecule has 3 rings (SSSR count). The van der Waals surface area contributed by atoms with Crippen LogP contribution in [0.15, 0.2) is 10.8 Å². The number of anilines is 2. The standard InChI is InChI=1S/C12H17BrN6O2/c13-9-10(18-14)15-6-16-11(9)19-3-4-21-5-8(19)12(20)17-7-1-2-7/h6-8H,1-5,14H2,(H,17,20)(H,15,16,18). The van der Waals surface area contributed by atoms with Crippen molar-refractivity contribution in [1.82, 2.24) is 15.3 Å². The van der Waals surface area contributed by atoms with Gasteiger partial charge >= 0.3 is 0 Å². The maximum atomic E-state index is 12.4. The quantitative estimate of drug-likeness (QED) is 0.515. The maximum Gasteiger partial charge on any atom is 0.245 e. The van der Waals surface area contributed by atoms with Gasteiger partial charge in [0.1, 0.15) is 22.7 Å². The molecule has 1 aliphatic heterocycles. The zero-order valence-corrected chi connectivity index (χ0v) is 13.0. The molecule has 1 saturated heterocycles. The van der Waals surface area contributed by atoms with Crippen molar-refractivity contribution >= 4 is 33.5 Å². The zero-order chi connectivity index (χ0) is 14.8. The van der Waals surface area contributed by atoms with E-state index in [1.54, 1.807) is 0 Å². The molecule has 114 valence electrons. The van der Waals surface area contributed by atoms with Crippen LogP contribution in [0.3, 0.4) is 0 Å². The Morgan fingerprint density at radius 2 is 2.29 bits per heavy atom. The van der Waals surface area contributed by atoms with Gasteiger partial charge in [0.25, 0.3) is 0 Å². The minimum Gasteiger partial charge on any atom is -0.377 e. The Kier molecular flexibility index (Phi) is 4.22. The lowest BCUT2D eigenvalue weighted by molar-refractivity contribution is -0.124. The number of rotatable bonds is 4. The molecule has 0 radical (unpaired) electrons. The molecule has 0 aromatic carbocycles. The summed E-state index contributed by atoms with van der Waals surface area (Å²) in [5.74, 6) is 6.52. The molecule has 2 fully saturated rings. The number of aromatic nitrogens is 2. The molecule has 4 N–H and O–H groups in total. The number of amides is 1. The summed E-state index contributed by atoms with van der Waals surface area (Å²) in [4.78, 5) is 22.6. The predicted octanol–water partition coefficient (Wildman–Crippen LogP) is 0.00850. The molecule has 1 atom stereocenters. The summed E-state index contributed by atoms with van der Waals surface area (Å²) < 4.78 is 6.09. The van der Waals surface area contributed by atoms with Crippen molar-refractivity contribution < 1.29 is 9.53 Å². The minimum atomic E-state index is -0.392. The van der Waals surface area contributed by atoms with Crippen LogP contribution in [0.4, 0.5) is 11.6 Å². The van der Waals surface area contributed by atoms with E-state index in [1.165, 1.54) is 6.33 Å². The van der Waals surface area contributed by atoms with Crippen LogP contribution in [0.2, 0.25) is 0 Å². The normalized spacial score (nSPS) is 22.0. The van der Waals surface area contributed by atoms with Crippen molar-refractivity contribution in [1.29, 1.82) is 0 Å². The second-order valence-electron chi connectivity index (χ2n) is 5.07. The van der Waals surface area contributed by atoms with Gasteiger partial charge in [-0.3, -0.25) is 4.79 Å². The van der Waals surface area contributed by atoms with Crippen LogP contribution in [-0.4, -0.2) is 47.7 Å². The zero-order valence-electron chi connectivity index (χ0n) is 11.4. The number of nitrogens with zero attached hydrogens (tertiary/aromatic N) is 3. The summed E-state index contributed by atoms with van der Waals surface area (Å²) in [6.45, 7) is 1.48. The Bertz CT molecular complexity index is 538. The number of nitrogens with one attached hydrogen (secondary N) is 2. The Morgan fingerprint density at radius 1 is 1.48 bits per heavy atom. The van der Waals surface area contributed by atoms with E-state index in [0.29, 0.717) is 41.9 Å². The van der Waals surface area contributed by atoms with E-state index in [1.807, 2.05) is 4.90 Å². The van der Waals surface area contributed by atoms with Gasteiger partial charge in [-0.15, -0.1) is 0 Å². The van der Waals surface area contributed by atoms with Gasteiger partial charge in [0.2, 0.25) is 5.91 Å². The Balaban J connectivity index is 1.84. The van der Waals surface area contributed by atoms with Gasteiger partial charge in [-0.25, -0.2) is 15.8 Å². The Morgan fingerprint density at radius 3 is 3.00 bits per heavy atom. The number of ether oxygens (including phenoxy) is 1. The molecule has 2 aliphatic rings. The highest BCUT2D eigenvalue weighted by atomic mass is 79.9. The first-order valence-electron chi connectivity index (χ1n) is 6.82. The van der Waals surface area contributed by atoms with Crippen molar-refractivity contribution in [3.05, 3.63) is 10.8 Å². The van der Waals surface area contributed by atoms with Gasteiger partial charge in [-0.2, -0.15) is 0 Å². The number of nitrogens with two attached hydrogens (primary N) is 1. The van der Waals surface area contributed by atoms with Crippen molar-refractivity contribution in [2.45, 2.75) is 24.9 Å². The van der Waals surface area contributed by atoms with Gasteiger partial charge in [0.05, 0.1) is 13.2 Å². The number of halogens is 1. The fourth-order valence-electron chi connectivity index (χ4n) is 2.26. The van der Waals surface area contributed by atoms with E-state index in [0.717, 1.165) is 12.8 Å². The molecular formula is C12H17BrN6O2. The first kappa shape index (κ1) is 14.5. The largest absolute Gasteiger partial charge is 0.377 e. The highest BCUT2D eigenvalue weighted by Crippen LogP contribution is 2.31. The molecule has 1 unspecified atom stereocenters. The number of hydrogen-bond donors (Lipinski definition) is 3. The average molecular weight is 357 g/mol. The smallest absolute Gasteiger partial charge is 0.245 e. The summed E-state index contributed by atoms with van der Waals surface area (Å²) >= 11 is 3.44. The molecule has 2 heterocycles. The molecule has 21 heavy (non-hydrogen) atoms. The number of hydrogen-bond acceptors (Lipinski definition) is 7. The van der Waals surface area contributed by atoms with E-state index in [2.05, 4.69) is 36.6 Å². The molecule has 8 nitrogen and oxygen atoms in total. The number of hydrazine groups is 1. The van der Waals surface area contributed by atoms with Crippen LogP contribution in [0.25, 0.3) is 0 Å². The van der Waals surface area contributed by atoms with Crippen molar-refractivity contribution in [3.63, 3.8) is 0 Å². The number of morpholine rings is 1. The lowest BCUT2D eigenvalue weighted by Gasteiger charge is -2.36. The highest BCUT2D eigenvalue weighted by Gasteiger charge is 2.35. The lowest BCUT2D eigenvalue weighted by Crippen LogP contribution is -2.54. The van der Waals surface area contributed by atoms with E-state index < -0.39 is 6.04 Å². The molecule has 0 spiro atoms. The molecule has 1 aliphatic carbocycles. The van der Waals surface area contributed by atoms with Crippen molar-refractivity contribution in [2.24, 2.45) is 5.84 Å². The van der Waals surface area contributed by atoms with Crippen LogP contribution in [0, 0.1) is 0 Å². The van der Waals surface area contributed by atoms with Crippen molar-refractivity contribution in [3.8, 4) is 0 Å². The molecule has 1 aromatic rings. The van der Waals surface area contributed by atoms with Gasteiger partial charge < -0.3 is 20.4 Å². The first-order chi connectivity index (χ1) is 10.2. The summed E-state index contributed by atoms with van der Waals surface area (Å²) in [5.41, 5.74) is 2.50. The van der Waals surface area contributed by atoms with Gasteiger partial charge in [-0.1, -0.05) is 0 Å². The molecule has 1 aromatic heterocycles. The molecular weight excluding hydrogens is 340 g/mol. The van der Waals surface area contributed by atoms with Crippen LogP contribution >= 0.6 is 15.9 Å². The molecule has 0 bridgehead atoms. The molecule has 1 saturated carbocycles. The van der Waals surface area contributed by atoms with Crippen LogP contribution in [0.5, 0.6) is 0 Å². The minimum absolute atomic E-state index is 0.0232. The van der Waals surface area contributed by atoms with Crippen molar-refractivity contribution in [2.75, 3.05) is 30.1 Å². The topological polar surface area (TPSA) is 105 Å². The van der Waals surface area contributed by atoms with E-state index >= 15 is 0 Å². The molecule has 1 amide bonds. The summed E-state index contributed by atoms with van der Waals surface area (Å²) in [6.07, 6.45) is 3.52. The molecule has 9 heteroatoms. The third-order valence-corrected chi connectivity index (χ3v) is 4.26. The summed E-state index contributed by atoms with van der Waals surface area (Å²) in [5, 5.41) is 3.01. The fourth-order valence-corrected chi connectivity index (χ4v) is 2.81. The SMILES string of the molecule is NNc1ncnc(N2CCOCC2C(=O)NC2CC2)c1Br. The first-order valence-corrected chi connectivity index (χ1v) is 7.62. The van der Waals surface area contributed by atoms with Crippen LogP contribution in [0.1, 0.15) is 12.8 Å². The van der Waals surface area contributed by atoms with E-state index in [-0.39, 0.29) is 5.91 Å². The van der Waals surface area contributed by atoms with Gasteiger partial charge in [0.15, 0.2) is 5.82 Å². The third kappa shape index (κ3) is 3.09. The van der Waals surface area contributed by atoms with Crippen LogP contribution in [-0.2, 0) is 9.53 Å². The predicted molar refractivity (Wildman–Crippen MR) is 80.7 cm³/mol. The average Bonchev–Trinajstić information content (AvgIpc) is 3.31. The highest BCUT2D eigenvalue weighted by molar-refractivity contribution is 9.10. The lowest BCUT2D eigenvalue weighted by atomic mass is 10.2.